The van der Waals surface area contributed by atoms with Gasteiger partial charge in [-0.2, -0.15) is 11.4 Å². The van der Waals surface area contributed by atoms with E-state index in [9.17, 15) is 14.4 Å². The first-order valence-electron chi connectivity index (χ1n) is 18.9. The number of ketones is 1. The summed E-state index contributed by atoms with van der Waals surface area (Å²) >= 11 is 5.28. The van der Waals surface area contributed by atoms with E-state index in [1.54, 1.807) is 27.6 Å². The topological polar surface area (TPSA) is 94.7 Å². The van der Waals surface area contributed by atoms with Gasteiger partial charge in [-0.05, 0) is 131 Å². The number of carbonyl (C=O) groups excluding carboxylic acids is 3. The molecule has 0 radical (unpaired) electrons. The van der Waals surface area contributed by atoms with E-state index in [4.69, 9.17) is 9.47 Å². The minimum absolute atomic E-state index is 0. The molecule has 6 heterocycles. The van der Waals surface area contributed by atoms with Gasteiger partial charge in [-0.15, -0.1) is 28.1 Å². The van der Waals surface area contributed by atoms with Crippen molar-refractivity contribution in [2.75, 3.05) is 67.5 Å². The van der Waals surface area contributed by atoms with Crippen LogP contribution in [0.5, 0.6) is 0 Å². The van der Waals surface area contributed by atoms with E-state index in [0.717, 1.165) is 39.0 Å². The van der Waals surface area contributed by atoms with E-state index < -0.39 is 11.2 Å². The fourth-order valence-electron chi connectivity index (χ4n) is 6.60. The van der Waals surface area contributed by atoms with Crippen molar-refractivity contribution < 1.29 is 40.8 Å². The Morgan fingerprint density at radius 3 is 1.46 bits per heavy atom. The number of nitrogens with zero attached hydrogens (tertiary/aromatic N) is 4. The first kappa shape index (κ1) is 52.5. The van der Waals surface area contributed by atoms with Gasteiger partial charge in [0, 0.05) is 48.8 Å². The Bertz CT molecular complexity index is 1490. The molecule has 1 N–H and O–H groups in total. The number of amides is 2. The average Bonchev–Trinajstić information content (AvgIpc) is 3.94. The van der Waals surface area contributed by atoms with Gasteiger partial charge in [0.2, 0.25) is 0 Å². The van der Waals surface area contributed by atoms with Crippen LogP contribution in [0.15, 0.2) is 52.5 Å². The maximum atomic E-state index is 12.2. The molecule has 15 heteroatoms. The van der Waals surface area contributed by atoms with E-state index in [1.807, 2.05) is 75.3 Å². The first-order chi connectivity index (χ1) is 25.4. The summed E-state index contributed by atoms with van der Waals surface area (Å²) in [6.45, 7) is 16.0. The van der Waals surface area contributed by atoms with Crippen molar-refractivity contribution in [1.82, 2.24) is 24.9 Å². The second kappa shape index (κ2) is 24.5. The maximum Gasteiger partial charge on any atom is 2.00 e. The quantitative estimate of drug-likeness (QED) is 0.283. The summed E-state index contributed by atoms with van der Waals surface area (Å²) in [5, 5.41) is 12.6. The predicted octanol–water partition coefficient (Wildman–Crippen LogP) is 5.18. The van der Waals surface area contributed by atoms with Gasteiger partial charge in [0.1, 0.15) is 17.0 Å². The third kappa shape index (κ3) is 16.6. The molecule has 10 nitrogen and oxygen atoms in total. The van der Waals surface area contributed by atoms with Crippen molar-refractivity contribution in [2.45, 2.75) is 102 Å². The Morgan fingerprint density at radius 1 is 0.714 bits per heavy atom. The van der Waals surface area contributed by atoms with Gasteiger partial charge in [0.05, 0.1) is 11.1 Å². The summed E-state index contributed by atoms with van der Waals surface area (Å²) in [4.78, 5) is 45.6. The number of hydrogen-bond acceptors (Lipinski definition) is 11. The molecule has 0 atom stereocenters. The molecular formula is C41H64BrMgN5O5S3. The number of rotatable bonds is 4. The van der Waals surface area contributed by atoms with Crippen LogP contribution in [-0.2, 0) is 25.3 Å². The van der Waals surface area contributed by atoms with Gasteiger partial charge in [0.25, 0.3) is 0 Å². The number of piperidine rings is 3. The van der Waals surface area contributed by atoms with Crippen LogP contribution in [0.4, 0.5) is 9.59 Å². The zero-order valence-electron chi connectivity index (χ0n) is 35.3. The van der Waals surface area contributed by atoms with Crippen molar-refractivity contribution in [3.05, 3.63) is 67.7 Å². The molecule has 3 aliphatic rings. The number of halogens is 1. The van der Waals surface area contributed by atoms with Crippen LogP contribution >= 0.6 is 34.0 Å². The van der Waals surface area contributed by atoms with Gasteiger partial charge in [0.15, 0.2) is 0 Å². The Balaban J connectivity index is 0.000000397. The molecule has 3 aliphatic heterocycles. The minimum Gasteiger partial charge on any atom is -1.00 e. The summed E-state index contributed by atoms with van der Waals surface area (Å²) in [5.41, 5.74) is -0.550. The first-order valence-corrected chi connectivity index (χ1v) is 21.5. The molecule has 0 bridgehead atoms. The van der Waals surface area contributed by atoms with Gasteiger partial charge in [-0.25, -0.2) is 15.7 Å². The largest absolute Gasteiger partial charge is 2.00 e. The van der Waals surface area contributed by atoms with Gasteiger partial charge in [-0.1, -0.05) is 12.1 Å². The maximum absolute atomic E-state index is 12.2. The molecule has 56 heavy (non-hydrogen) atoms. The van der Waals surface area contributed by atoms with Crippen molar-refractivity contribution in [3.63, 3.8) is 0 Å². The predicted molar refractivity (Wildman–Crippen MR) is 229 cm³/mol. The molecular weight excluding hydrogens is 843 g/mol. The van der Waals surface area contributed by atoms with Crippen LogP contribution in [0.1, 0.15) is 89.8 Å². The second-order valence-electron chi connectivity index (χ2n) is 16.3. The normalized spacial score (nSPS) is 17.7. The second-order valence-corrected chi connectivity index (χ2v) is 18.9. The van der Waals surface area contributed by atoms with Gasteiger partial charge >= 0.3 is 35.2 Å². The summed E-state index contributed by atoms with van der Waals surface area (Å²) < 4.78 is 10.7. The monoisotopic (exact) mass is 905 g/mol. The average molecular weight is 907 g/mol. The number of thiophene rings is 3. The van der Waals surface area contributed by atoms with E-state index in [2.05, 4.69) is 83.7 Å². The molecule has 3 fully saturated rings. The molecule has 6 rings (SSSR count). The molecule has 0 aliphatic carbocycles. The number of nitrogens with one attached hydrogen (secondary N) is 1. The SMILES string of the molecule is CC(C)(C)OC(=O)N1CCC(=O)CC1.CN(C)C1(c2cccs2)CCN(C(=O)OC(C)(C)C)CC1.CN(C)C1(c2cccs2)CCNCC1.[Br-].[Mg+2].[c-]1cccs1. The smallest absolute Gasteiger partial charge is 1.00 e. The van der Waals surface area contributed by atoms with E-state index in [0.29, 0.717) is 31.5 Å². The molecule has 2 amide bonds. The number of hydrogen-bond donors (Lipinski definition) is 1. The Kier molecular flexibility index (Phi) is 23.0. The van der Waals surface area contributed by atoms with E-state index in [-0.39, 0.29) is 63.5 Å². The van der Waals surface area contributed by atoms with Crippen LogP contribution in [-0.4, -0.2) is 139 Å². The van der Waals surface area contributed by atoms with Crippen LogP contribution in [0.2, 0.25) is 0 Å². The summed E-state index contributed by atoms with van der Waals surface area (Å²) in [7, 11) is 8.65. The van der Waals surface area contributed by atoms with Crippen molar-refractivity contribution in [1.29, 1.82) is 0 Å². The Hall–Kier alpha value is -1.56. The summed E-state index contributed by atoms with van der Waals surface area (Å²) in [6, 6.07) is 12.6. The molecule has 3 saturated heterocycles. The van der Waals surface area contributed by atoms with Crippen LogP contribution in [0, 0.1) is 5.38 Å². The molecule has 0 unspecified atom stereocenters. The third-order valence-corrected chi connectivity index (χ3v) is 12.4. The molecule has 0 spiro atoms. The third-order valence-electron chi connectivity index (χ3n) is 9.70. The fourth-order valence-corrected chi connectivity index (χ4v) is 9.13. The van der Waals surface area contributed by atoms with Crippen LogP contribution in [0.25, 0.3) is 0 Å². The fraction of sp³-hybridized carbons (Fsp3) is 0.634. The zero-order valence-corrected chi connectivity index (χ0v) is 40.8. The Labute approximate surface area is 375 Å². The van der Waals surface area contributed by atoms with E-state index >= 15 is 0 Å². The van der Waals surface area contributed by atoms with Gasteiger partial charge in [-0.3, -0.25) is 14.6 Å². The molecule has 0 aromatic carbocycles. The summed E-state index contributed by atoms with van der Waals surface area (Å²) in [6.07, 6.45) is 4.74. The zero-order chi connectivity index (χ0) is 40.0. The van der Waals surface area contributed by atoms with E-state index in [1.165, 1.54) is 22.6 Å². The molecule has 0 saturated carbocycles. The van der Waals surface area contributed by atoms with Crippen LogP contribution < -0.4 is 22.3 Å². The standard InChI is InChI=1S/C16H26N2O2S.C11H18N2S.C10H17NO3.C4H3S.BrH.Mg/c1-15(2,3)20-14(19)18-10-8-16(9-11-18,17(4)5)13-7-6-12-21-13;1-13(2)11(5-7-12-8-6-11)10-4-3-9-14-10;1-10(2,3)14-9(13)11-6-4-8(12)5-7-11;1-2-4-5-3-1;;/h6-7,12H,8-11H2,1-5H3;3-4,9,12H,5-8H2,1-2H3;4-7H2,1-3H3;1-3H;1H;/q;;;-1;;+2/p-1. The van der Waals surface area contributed by atoms with Crippen molar-refractivity contribution >= 4 is 75.0 Å². The minimum atomic E-state index is -0.460. The molecule has 3 aromatic rings. The summed E-state index contributed by atoms with van der Waals surface area (Å²) in [5.74, 6) is 0.227. The number of carbonyl (C=O) groups is 3. The number of ether oxygens (including phenoxy) is 2. The Morgan fingerprint density at radius 2 is 1.14 bits per heavy atom. The number of Topliss-reactive ketones (excluding diaryl/α,β-unsaturated/α-hetero) is 1. The van der Waals surface area contributed by atoms with Crippen molar-refractivity contribution in [3.8, 4) is 0 Å². The van der Waals surface area contributed by atoms with Crippen molar-refractivity contribution in [2.24, 2.45) is 0 Å². The molecule has 310 valence electrons. The van der Waals surface area contributed by atoms with Crippen LogP contribution in [0.3, 0.4) is 0 Å². The number of likely N-dealkylation sites (tertiary alicyclic amines) is 2. The molecule has 3 aromatic heterocycles. The van der Waals surface area contributed by atoms with Gasteiger partial charge < -0.3 is 52.9 Å².